The highest BCUT2D eigenvalue weighted by atomic mass is 35.5. The third kappa shape index (κ3) is 3.38. The number of fused-ring (bicyclic) bond motifs is 1. The number of hydrogen-bond acceptors (Lipinski definition) is 5. The summed E-state index contributed by atoms with van der Waals surface area (Å²) in [5, 5.41) is 19.3. The third-order valence-electron chi connectivity index (χ3n) is 3.68. The lowest BCUT2D eigenvalue weighted by molar-refractivity contribution is 0.0697. The maximum Gasteiger partial charge on any atom is 0.335 e. The third-order valence-corrected chi connectivity index (χ3v) is 3.96. The van der Waals surface area contributed by atoms with E-state index in [-0.39, 0.29) is 33.1 Å². The molecule has 0 amide bonds. The quantitative estimate of drug-likeness (QED) is 0.648. The van der Waals surface area contributed by atoms with Crippen molar-refractivity contribution in [1.29, 1.82) is 0 Å². The SMILES string of the molecule is COc1ccc(/C=C(\Cl)c2nc3cc(C(=O)O)ccc3c(=O)[nH]2)cc1O. The second-order valence-electron chi connectivity index (χ2n) is 5.38. The molecule has 8 heteroatoms. The zero-order valence-electron chi connectivity index (χ0n) is 13.5. The van der Waals surface area contributed by atoms with Crippen molar-refractivity contribution in [3.8, 4) is 11.5 Å². The lowest BCUT2D eigenvalue weighted by Gasteiger charge is -2.05. The average molecular weight is 373 g/mol. The molecule has 3 aromatic rings. The van der Waals surface area contributed by atoms with Crippen LogP contribution >= 0.6 is 11.6 Å². The zero-order valence-corrected chi connectivity index (χ0v) is 14.2. The van der Waals surface area contributed by atoms with E-state index < -0.39 is 11.5 Å². The first-order valence-corrected chi connectivity index (χ1v) is 7.79. The molecule has 0 saturated carbocycles. The number of carbonyl (C=O) groups is 1. The number of aromatic hydroxyl groups is 1. The monoisotopic (exact) mass is 372 g/mol. The largest absolute Gasteiger partial charge is 0.504 e. The first kappa shape index (κ1) is 17.5. The molecule has 3 N–H and O–H groups in total. The number of hydrogen-bond donors (Lipinski definition) is 3. The lowest BCUT2D eigenvalue weighted by atomic mass is 10.1. The zero-order chi connectivity index (χ0) is 18.8. The van der Waals surface area contributed by atoms with Crippen molar-refractivity contribution in [3.63, 3.8) is 0 Å². The smallest absolute Gasteiger partial charge is 0.335 e. The highest BCUT2D eigenvalue weighted by Gasteiger charge is 2.10. The summed E-state index contributed by atoms with van der Waals surface area (Å²) < 4.78 is 4.97. The Morgan fingerprint density at radius 3 is 2.69 bits per heavy atom. The van der Waals surface area contributed by atoms with Gasteiger partial charge in [0.25, 0.3) is 5.56 Å². The van der Waals surface area contributed by atoms with Crippen LogP contribution in [0.2, 0.25) is 0 Å². The normalized spacial score (nSPS) is 11.5. The van der Waals surface area contributed by atoms with Crippen LogP contribution < -0.4 is 10.3 Å². The van der Waals surface area contributed by atoms with E-state index in [2.05, 4.69) is 9.97 Å². The van der Waals surface area contributed by atoms with Crippen LogP contribution in [0.4, 0.5) is 0 Å². The van der Waals surface area contributed by atoms with E-state index in [9.17, 15) is 14.7 Å². The maximum atomic E-state index is 12.2. The molecule has 0 spiro atoms. The Morgan fingerprint density at radius 1 is 1.27 bits per heavy atom. The minimum Gasteiger partial charge on any atom is -0.504 e. The molecule has 0 saturated heterocycles. The van der Waals surface area contributed by atoms with Gasteiger partial charge >= 0.3 is 5.97 Å². The van der Waals surface area contributed by atoms with E-state index in [1.807, 2.05) is 0 Å². The maximum absolute atomic E-state index is 12.2. The summed E-state index contributed by atoms with van der Waals surface area (Å²) in [4.78, 5) is 30.1. The second kappa shape index (κ2) is 6.89. The lowest BCUT2D eigenvalue weighted by Crippen LogP contribution is -2.11. The number of H-pyrrole nitrogens is 1. The number of carboxylic acids is 1. The summed E-state index contributed by atoms with van der Waals surface area (Å²) in [5.74, 6) is -0.776. The molecule has 0 aliphatic rings. The number of aromatic carboxylic acids is 1. The van der Waals surface area contributed by atoms with Crippen molar-refractivity contribution in [2.75, 3.05) is 7.11 Å². The van der Waals surface area contributed by atoms with Crippen molar-refractivity contribution >= 4 is 39.6 Å². The number of rotatable bonds is 4. The number of nitrogens with zero attached hydrogens (tertiary/aromatic N) is 1. The summed E-state index contributed by atoms with van der Waals surface area (Å²) >= 11 is 6.24. The Balaban J connectivity index is 2.07. The van der Waals surface area contributed by atoms with E-state index in [4.69, 9.17) is 21.4 Å². The minimum atomic E-state index is -1.12. The fourth-order valence-electron chi connectivity index (χ4n) is 2.40. The van der Waals surface area contributed by atoms with Crippen LogP contribution in [0.5, 0.6) is 11.5 Å². The molecule has 2 aromatic carbocycles. The molecule has 132 valence electrons. The predicted molar refractivity (Wildman–Crippen MR) is 97.7 cm³/mol. The Bertz CT molecular complexity index is 1100. The highest BCUT2D eigenvalue weighted by Crippen LogP contribution is 2.28. The summed E-state index contributed by atoms with van der Waals surface area (Å²) in [6.45, 7) is 0. The van der Waals surface area contributed by atoms with Crippen LogP contribution in [0.15, 0.2) is 41.2 Å². The number of methoxy groups -OCH3 is 1. The molecule has 0 unspecified atom stereocenters. The number of benzene rings is 2. The molecular weight excluding hydrogens is 360 g/mol. The van der Waals surface area contributed by atoms with Gasteiger partial charge in [-0.25, -0.2) is 9.78 Å². The van der Waals surface area contributed by atoms with Crippen LogP contribution in [0.3, 0.4) is 0 Å². The van der Waals surface area contributed by atoms with Crippen molar-refractivity contribution < 1.29 is 19.7 Å². The van der Waals surface area contributed by atoms with Crippen LogP contribution in [-0.2, 0) is 0 Å². The van der Waals surface area contributed by atoms with E-state index in [0.717, 1.165) is 0 Å². The predicted octanol–water partition coefficient (Wildman–Crippen LogP) is 3.07. The summed E-state index contributed by atoms with van der Waals surface area (Å²) in [6, 6.07) is 8.72. The topological polar surface area (TPSA) is 113 Å². The van der Waals surface area contributed by atoms with Gasteiger partial charge in [0.05, 0.1) is 28.6 Å². The molecule has 0 radical (unpaired) electrons. The van der Waals surface area contributed by atoms with Crippen molar-refractivity contribution in [3.05, 3.63) is 63.7 Å². The first-order valence-electron chi connectivity index (χ1n) is 7.41. The van der Waals surface area contributed by atoms with Crippen LogP contribution in [0, 0.1) is 0 Å². The van der Waals surface area contributed by atoms with Gasteiger partial charge in [-0.05, 0) is 42.0 Å². The Kier molecular flexibility index (Phi) is 4.64. The van der Waals surface area contributed by atoms with Crippen LogP contribution in [0.25, 0.3) is 22.0 Å². The van der Waals surface area contributed by atoms with Gasteiger partial charge in [-0.15, -0.1) is 0 Å². The number of carboxylic acid groups (broad SMARTS) is 1. The van der Waals surface area contributed by atoms with Crippen LogP contribution in [0.1, 0.15) is 21.7 Å². The molecule has 0 aliphatic carbocycles. The molecule has 0 fully saturated rings. The van der Waals surface area contributed by atoms with E-state index in [1.54, 1.807) is 12.1 Å². The number of aromatic nitrogens is 2. The molecular formula is C18H13ClN2O5. The van der Waals surface area contributed by atoms with E-state index in [0.29, 0.717) is 11.3 Å². The van der Waals surface area contributed by atoms with Gasteiger partial charge in [-0.3, -0.25) is 4.79 Å². The summed E-state index contributed by atoms with van der Waals surface area (Å²) in [6.07, 6.45) is 1.51. The van der Waals surface area contributed by atoms with Crippen molar-refractivity contribution in [2.45, 2.75) is 0 Å². The summed E-state index contributed by atoms with van der Waals surface area (Å²) in [7, 11) is 1.44. The Hall–Kier alpha value is -3.32. The van der Waals surface area contributed by atoms with Crippen molar-refractivity contribution in [1.82, 2.24) is 9.97 Å². The molecule has 0 aliphatic heterocycles. The highest BCUT2D eigenvalue weighted by molar-refractivity contribution is 6.50. The van der Waals surface area contributed by atoms with Crippen LogP contribution in [-0.4, -0.2) is 33.3 Å². The van der Waals surface area contributed by atoms with E-state index in [1.165, 1.54) is 37.5 Å². The molecule has 3 rings (SSSR count). The first-order chi connectivity index (χ1) is 12.4. The molecule has 7 nitrogen and oxygen atoms in total. The van der Waals surface area contributed by atoms with Gasteiger partial charge < -0.3 is 19.9 Å². The number of halogens is 1. The minimum absolute atomic E-state index is 0.0155. The fourth-order valence-corrected chi connectivity index (χ4v) is 2.61. The van der Waals surface area contributed by atoms with Gasteiger partial charge in [-0.1, -0.05) is 17.7 Å². The number of nitrogens with one attached hydrogen (secondary N) is 1. The van der Waals surface area contributed by atoms with Gasteiger partial charge in [0, 0.05) is 0 Å². The number of aromatic amines is 1. The van der Waals surface area contributed by atoms with E-state index >= 15 is 0 Å². The molecule has 26 heavy (non-hydrogen) atoms. The number of phenolic OH excluding ortho intramolecular Hbond substituents is 1. The van der Waals surface area contributed by atoms with Gasteiger partial charge in [-0.2, -0.15) is 0 Å². The second-order valence-corrected chi connectivity index (χ2v) is 5.78. The average Bonchev–Trinajstić information content (AvgIpc) is 2.61. The van der Waals surface area contributed by atoms with Gasteiger partial charge in [0.15, 0.2) is 17.3 Å². The van der Waals surface area contributed by atoms with Crippen molar-refractivity contribution in [2.24, 2.45) is 0 Å². The molecule has 1 heterocycles. The Morgan fingerprint density at radius 2 is 2.04 bits per heavy atom. The standard InChI is InChI=1S/C18H13ClN2O5/c1-26-15-5-2-9(7-14(15)22)6-12(19)16-20-13-8-10(18(24)25)3-4-11(13)17(23)21-16/h2-8,22H,1H3,(H,24,25)(H,20,21,23)/b12-6-. The molecule has 1 aromatic heterocycles. The van der Waals surface area contributed by atoms with Gasteiger partial charge in [0.2, 0.25) is 0 Å². The molecule has 0 bridgehead atoms. The number of ether oxygens (including phenoxy) is 1. The summed E-state index contributed by atoms with van der Waals surface area (Å²) in [5.41, 5.74) is 0.357. The van der Waals surface area contributed by atoms with Gasteiger partial charge in [0.1, 0.15) is 0 Å². The molecule has 0 atom stereocenters. The fraction of sp³-hybridized carbons (Fsp3) is 0.0556. The number of phenols is 1. The Labute approximate surface area is 152 Å².